The van der Waals surface area contributed by atoms with E-state index in [1.165, 1.54) is 7.11 Å². The SMILES string of the molecule is COc1cc(C#C[Si](C)(C)C)c2c(OC(=O)OCc3ccccc3)ccnc2c1OC. The van der Waals surface area contributed by atoms with E-state index in [9.17, 15) is 4.79 Å². The highest BCUT2D eigenvalue weighted by Gasteiger charge is 2.20. The summed E-state index contributed by atoms with van der Waals surface area (Å²) in [5, 5.41) is 0.572. The lowest BCUT2D eigenvalue weighted by molar-refractivity contribution is 0.0932. The molecule has 160 valence electrons. The molecule has 3 rings (SSSR count). The van der Waals surface area contributed by atoms with Gasteiger partial charge in [-0.25, -0.2) is 4.79 Å². The minimum Gasteiger partial charge on any atom is -0.493 e. The average Bonchev–Trinajstić information content (AvgIpc) is 2.75. The first-order chi connectivity index (χ1) is 14.8. The zero-order valence-corrected chi connectivity index (χ0v) is 19.3. The average molecular weight is 436 g/mol. The Labute approximate surface area is 183 Å². The molecule has 0 saturated heterocycles. The van der Waals surface area contributed by atoms with Crippen LogP contribution in [0.1, 0.15) is 11.1 Å². The van der Waals surface area contributed by atoms with Crippen LogP contribution in [0, 0.1) is 11.5 Å². The number of hydrogen-bond acceptors (Lipinski definition) is 6. The number of benzene rings is 2. The van der Waals surface area contributed by atoms with Crippen LogP contribution < -0.4 is 14.2 Å². The molecule has 2 aromatic carbocycles. The molecule has 6 nitrogen and oxygen atoms in total. The predicted molar refractivity (Wildman–Crippen MR) is 122 cm³/mol. The zero-order valence-electron chi connectivity index (χ0n) is 18.3. The van der Waals surface area contributed by atoms with Gasteiger partial charge < -0.3 is 18.9 Å². The summed E-state index contributed by atoms with van der Waals surface area (Å²) in [6, 6.07) is 12.8. The minimum absolute atomic E-state index is 0.113. The fraction of sp³-hybridized carbons (Fsp3) is 0.250. The molecule has 0 aliphatic rings. The fourth-order valence-electron chi connectivity index (χ4n) is 2.89. The molecule has 0 radical (unpaired) electrons. The molecule has 1 heterocycles. The Bertz CT molecular complexity index is 1140. The molecule has 0 bridgehead atoms. The van der Waals surface area contributed by atoms with E-state index in [1.807, 2.05) is 30.3 Å². The number of ether oxygens (including phenoxy) is 4. The Morgan fingerprint density at radius 3 is 2.42 bits per heavy atom. The van der Waals surface area contributed by atoms with Gasteiger partial charge in [0.2, 0.25) is 0 Å². The van der Waals surface area contributed by atoms with Crippen molar-refractivity contribution in [3.8, 4) is 28.7 Å². The molecule has 0 unspecified atom stereocenters. The van der Waals surface area contributed by atoms with E-state index >= 15 is 0 Å². The van der Waals surface area contributed by atoms with Crippen molar-refractivity contribution < 1.29 is 23.7 Å². The third kappa shape index (κ3) is 5.56. The van der Waals surface area contributed by atoms with Crippen LogP contribution in [0.25, 0.3) is 10.9 Å². The summed E-state index contributed by atoms with van der Waals surface area (Å²) in [6.07, 6.45) is 0.732. The molecule has 31 heavy (non-hydrogen) atoms. The van der Waals surface area contributed by atoms with Gasteiger partial charge in [-0.15, -0.1) is 5.54 Å². The number of nitrogens with zero attached hydrogens (tertiary/aromatic N) is 1. The first-order valence-corrected chi connectivity index (χ1v) is 13.3. The van der Waals surface area contributed by atoms with Gasteiger partial charge in [0.1, 0.15) is 25.9 Å². The van der Waals surface area contributed by atoms with Gasteiger partial charge in [0, 0.05) is 23.9 Å². The number of hydrogen-bond donors (Lipinski definition) is 0. The molecule has 0 atom stereocenters. The van der Waals surface area contributed by atoms with Crippen LogP contribution >= 0.6 is 0 Å². The van der Waals surface area contributed by atoms with Gasteiger partial charge in [0.15, 0.2) is 11.5 Å². The van der Waals surface area contributed by atoms with Crippen LogP contribution in [-0.4, -0.2) is 33.4 Å². The van der Waals surface area contributed by atoms with E-state index < -0.39 is 14.2 Å². The summed E-state index contributed by atoms with van der Waals surface area (Å²) < 4.78 is 21.8. The summed E-state index contributed by atoms with van der Waals surface area (Å²) in [6.45, 7) is 6.57. The van der Waals surface area contributed by atoms with Crippen molar-refractivity contribution in [3.05, 3.63) is 59.8 Å². The highest BCUT2D eigenvalue weighted by atomic mass is 28.3. The number of rotatable bonds is 5. The van der Waals surface area contributed by atoms with Crippen LogP contribution in [-0.2, 0) is 11.3 Å². The van der Waals surface area contributed by atoms with E-state index in [2.05, 4.69) is 36.1 Å². The molecular weight excluding hydrogens is 410 g/mol. The van der Waals surface area contributed by atoms with Crippen molar-refractivity contribution in [2.45, 2.75) is 26.2 Å². The maximum absolute atomic E-state index is 12.4. The lowest BCUT2D eigenvalue weighted by Crippen LogP contribution is -2.16. The lowest BCUT2D eigenvalue weighted by Gasteiger charge is -2.14. The number of carbonyl (C=O) groups is 1. The second-order valence-electron chi connectivity index (χ2n) is 7.82. The van der Waals surface area contributed by atoms with Crippen LogP contribution in [0.4, 0.5) is 4.79 Å². The number of methoxy groups -OCH3 is 2. The summed E-state index contributed by atoms with van der Waals surface area (Å²) >= 11 is 0. The molecule has 0 aliphatic carbocycles. The Morgan fingerprint density at radius 2 is 1.77 bits per heavy atom. The quantitative estimate of drug-likeness (QED) is 0.312. The van der Waals surface area contributed by atoms with E-state index in [1.54, 1.807) is 25.4 Å². The molecule has 0 amide bonds. The number of pyridine rings is 1. The maximum atomic E-state index is 12.4. The Kier molecular flexibility index (Phi) is 6.83. The fourth-order valence-corrected chi connectivity index (χ4v) is 3.39. The molecule has 0 aliphatic heterocycles. The van der Waals surface area contributed by atoms with Crippen molar-refractivity contribution in [2.75, 3.05) is 14.2 Å². The van der Waals surface area contributed by atoms with E-state index in [4.69, 9.17) is 18.9 Å². The highest BCUT2D eigenvalue weighted by Crippen LogP contribution is 2.40. The maximum Gasteiger partial charge on any atom is 0.514 e. The van der Waals surface area contributed by atoms with E-state index in [0.717, 1.165) is 5.56 Å². The van der Waals surface area contributed by atoms with Crippen LogP contribution in [0.3, 0.4) is 0 Å². The smallest absolute Gasteiger partial charge is 0.493 e. The Morgan fingerprint density at radius 1 is 1.03 bits per heavy atom. The lowest BCUT2D eigenvalue weighted by atomic mass is 10.1. The molecule has 0 N–H and O–H groups in total. The van der Waals surface area contributed by atoms with Gasteiger partial charge in [-0.2, -0.15) is 0 Å². The monoisotopic (exact) mass is 435 g/mol. The standard InChI is InChI=1S/C24H25NO5Si/c1-27-20-15-18(12-14-31(3,4)5)21-19(11-13-25-22(21)23(20)28-2)30-24(26)29-16-17-9-7-6-8-10-17/h6-11,13,15H,16H2,1-5H3. The topological polar surface area (TPSA) is 66.9 Å². The third-order valence-electron chi connectivity index (χ3n) is 4.29. The molecule has 0 saturated carbocycles. The Hall–Kier alpha value is -3.50. The van der Waals surface area contributed by atoms with Gasteiger partial charge >= 0.3 is 6.16 Å². The second-order valence-corrected chi connectivity index (χ2v) is 12.6. The van der Waals surface area contributed by atoms with Crippen LogP contribution in [0.2, 0.25) is 19.6 Å². The normalized spacial score (nSPS) is 10.7. The van der Waals surface area contributed by atoms with Crippen molar-refractivity contribution in [3.63, 3.8) is 0 Å². The molecule has 7 heteroatoms. The van der Waals surface area contributed by atoms with Gasteiger partial charge in [0.05, 0.1) is 19.6 Å². The summed E-state index contributed by atoms with van der Waals surface area (Å²) in [4.78, 5) is 16.8. The zero-order chi connectivity index (χ0) is 22.4. The first kappa shape index (κ1) is 22.2. The molecule has 1 aromatic heterocycles. The largest absolute Gasteiger partial charge is 0.514 e. The summed E-state index contributed by atoms with van der Waals surface area (Å²) in [5.74, 6) is 4.47. The van der Waals surface area contributed by atoms with Crippen molar-refractivity contribution in [1.29, 1.82) is 0 Å². The number of aromatic nitrogens is 1. The van der Waals surface area contributed by atoms with E-state index in [0.29, 0.717) is 33.7 Å². The van der Waals surface area contributed by atoms with Crippen molar-refractivity contribution >= 4 is 25.1 Å². The number of fused-ring (bicyclic) bond motifs is 1. The van der Waals surface area contributed by atoms with Gasteiger partial charge in [-0.3, -0.25) is 4.98 Å². The van der Waals surface area contributed by atoms with Crippen molar-refractivity contribution in [1.82, 2.24) is 4.98 Å². The predicted octanol–water partition coefficient (Wildman–Crippen LogP) is 5.20. The second kappa shape index (κ2) is 9.54. The molecular formula is C24H25NO5Si. The third-order valence-corrected chi connectivity index (χ3v) is 5.16. The number of carbonyl (C=O) groups excluding carboxylic acids is 1. The molecule has 0 fully saturated rings. The molecule has 0 spiro atoms. The summed E-state index contributed by atoms with van der Waals surface area (Å²) in [5.41, 5.74) is 5.35. The van der Waals surface area contributed by atoms with Crippen LogP contribution in [0.5, 0.6) is 17.2 Å². The van der Waals surface area contributed by atoms with E-state index in [-0.39, 0.29) is 6.61 Å². The van der Waals surface area contributed by atoms with Crippen molar-refractivity contribution in [2.24, 2.45) is 0 Å². The first-order valence-electron chi connectivity index (χ1n) is 9.78. The highest BCUT2D eigenvalue weighted by molar-refractivity contribution is 6.83. The van der Waals surface area contributed by atoms with Gasteiger partial charge in [-0.1, -0.05) is 55.9 Å². The summed E-state index contributed by atoms with van der Waals surface area (Å²) in [7, 11) is 1.43. The van der Waals surface area contributed by atoms with Crippen LogP contribution in [0.15, 0.2) is 48.7 Å². The Balaban J connectivity index is 2.02. The van der Waals surface area contributed by atoms with Gasteiger partial charge in [0.25, 0.3) is 0 Å². The van der Waals surface area contributed by atoms with Gasteiger partial charge in [-0.05, 0) is 5.56 Å². The minimum atomic E-state index is -1.66. The molecule has 3 aromatic rings.